The van der Waals surface area contributed by atoms with Crippen molar-refractivity contribution in [3.05, 3.63) is 70.9 Å². The number of hydrogen-bond acceptors (Lipinski definition) is 6. The quantitative estimate of drug-likeness (QED) is 0.444. The number of hydrogen-bond donors (Lipinski definition) is 2. The number of aromatic nitrogens is 1. The Morgan fingerprint density at radius 2 is 1.82 bits per heavy atom. The summed E-state index contributed by atoms with van der Waals surface area (Å²) in [5.74, 6) is -0.197. The van der Waals surface area contributed by atoms with Crippen molar-refractivity contribution < 1.29 is 14.0 Å². The molecule has 140 valence electrons. The molecule has 2 N–H and O–H groups in total. The second-order valence-corrected chi connectivity index (χ2v) is 7.67. The van der Waals surface area contributed by atoms with Gasteiger partial charge < -0.3 is 15.1 Å². The van der Waals surface area contributed by atoms with Gasteiger partial charge in [0.15, 0.2) is 5.58 Å². The number of anilines is 2. The maximum atomic E-state index is 12.2. The fraction of sp³-hybridized carbons (Fsp3) is 0.0500. The van der Waals surface area contributed by atoms with Crippen LogP contribution >= 0.6 is 23.1 Å². The van der Waals surface area contributed by atoms with Gasteiger partial charge in [-0.2, -0.15) is 0 Å². The first kappa shape index (κ1) is 18.3. The predicted molar refractivity (Wildman–Crippen MR) is 112 cm³/mol. The highest BCUT2D eigenvalue weighted by Crippen LogP contribution is 2.23. The summed E-state index contributed by atoms with van der Waals surface area (Å²) in [6.45, 7) is 0. The van der Waals surface area contributed by atoms with E-state index >= 15 is 0 Å². The topological polar surface area (TPSA) is 84.2 Å². The van der Waals surface area contributed by atoms with Gasteiger partial charge in [-0.1, -0.05) is 36.0 Å². The Hall–Kier alpha value is -3.10. The average molecular weight is 409 g/mol. The molecule has 4 aromatic rings. The molecular formula is C20H15N3O3S2. The number of para-hydroxylation sites is 2. The Morgan fingerprint density at radius 3 is 2.61 bits per heavy atom. The van der Waals surface area contributed by atoms with E-state index in [-0.39, 0.29) is 17.6 Å². The lowest BCUT2D eigenvalue weighted by Gasteiger charge is -2.08. The van der Waals surface area contributed by atoms with Crippen LogP contribution in [0.1, 0.15) is 9.67 Å². The molecule has 0 atom stereocenters. The summed E-state index contributed by atoms with van der Waals surface area (Å²) >= 11 is 2.60. The van der Waals surface area contributed by atoms with E-state index in [1.54, 1.807) is 30.3 Å². The normalized spacial score (nSPS) is 10.7. The van der Waals surface area contributed by atoms with Crippen molar-refractivity contribution in [2.45, 2.75) is 5.22 Å². The van der Waals surface area contributed by atoms with Crippen molar-refractivity contribution in [2.75, 3.05) is 16.4 Å². The second-order valence-electron chi connectivity index (χ2n) is 5.80. The summed E-state index contributed by atoms with van der Waals surface area (Å²) in [4.78, 5) is 29.3. The molecule has 0 fully saturated rings. The number of nitrogens with zero attached hydrogens (tertiary/aromatic N) is 1. The van der Waals surface area contributed by atoms with E-state index < -0.39 is 0 Å². The van der Waals surface area contributed by atoms with Gasteiger partial charge in [0.2, 0.25) is 5.91 Å². The summed E-state index contributed by atoms with van der Waals surface area (Å²) in [5.41, 5.74) is 2.68. The van der Waals surface area contributed by atoms with Crippen molar-refractivity contribution >= 4 is 57.4 Å². The van der Waals surface area contributed by atoms with Crippen LogP contribution in [0.3, 0.4) is 0 Å². The number of nitrogens with one attached hydrogen (secondary N) is 2. The molecule has 0 saturated heterocycles. The Kier molecular flexibility index (Phi) is 5.41. The number of rotatable bonds is 6. The molecule has 0 saturated carbocycles. The van der Waals surface area contributed by atoms with Crippen LogP contribution in [0.15, 0.2) is 75.7 Å². The largest absolute Gasteiger partial charge is 0.431 e. The van der Waals surface area contributed by atoms with E-state index in [0.717, 1.165) is 5.52 Å². The van der Waals surface area contributed by atoms with Crippen LogP contribution in [0.25, 0.3) is 11.1 Å². The van der Waals surface area contributed by atoms with Gasteiger partial charge in [0, 0.05) is 11.4 Å². The number of amides is 2. The van der Waals surface area contributed by atoms with E-state index in [4.69, 9.17) is 4.42 Å². The minimum absolute atomic E-state index is 0.165. The lowest BCUT2D eigenvalue weighted by Crippen LogP contribution is -2.15. The highest BCUT2D eigenvalue weighted by molar-refractivity contribution is 7.99. The highest BCUT2D eigenvalue weighted by Gasteiger charge is 2.11. The molecule has 4 rings (SSSR count). The van der Waals surface area contributed by atoms with Crippen molar-refractivity contribution in [3.63, 3.8) is 0 Å². The molecule has 0 unspecified atom stereocenters. The van der Waals surface area contributed by atoms with Crippen LogP contribution in [0.2, 0.25) is 0 Å². The molecule has 28 heavy (non-hydrogen) atoms. The maximum Gasteiger partial charge on any atom is 0.265 e. The molecule has 8 heteroatoms. The number of carbonyl (C=O) groups is 2. The summed E-state index contributed by atoms with van der Waals surface area (Å²) in [6, 6.07) is 18.1. The second kappa shape index (κ2) is 8.28. The van der Waals surface area contributed by atoms with Crippen LogP contribution < -0.4 is 10.6 Å². The fourth-order valence-corrected chi connectivity index (χ4v) is 3.77. The first-order valence-electron chi connectivity index (χ1n) is 8.40. The third-order valence-corrected chi connectivity index (χ3v) is 5.45. The zero-order valence-electron chi connectivity index (χ0n) is 14.5. The third-order valence-electron chi connectivity index (χ3n) is 3.75. The lowest BCUT2D eigenvalue weighted by atomic mass is 10.2. The van der Waals surface area contributed by atoms with Gasteiger partial charge in [-0.25, -0.2) is 4.98 Å². The van der Waals surface area contributed by atoms with E-state index in [0.29, 0.717) is 27.1 Å². The Balaban J connectivity index is 1.34. The minimum atomic E-state index is -0.186. The van der Waals surface area contributed by atoms with Crippen LogP contribution in [-0.2, 0) is 4.79 Å². The molecule has 0 aliphatic heterocycles. The lowest BCUT2D eigenvalue weighted by molar-refractivity contribution is -0.113. The maximum absolute atomic E-state index is 12.2. The summed E-state index contributed by atoms with van der Waals surface area (Å²) < 4.78 is 5.59. The monoisotopic (exact) mass is 409 g/mol. The molecule has 0 radical (unpaired) electrons. The Labute approximate surface area is 169 Å². The Morgan fingerprint density at radius 1 is 1.00 bits per heavy atom. The summed E-state index contributed by atoms with van der Waals surface area (Å²) in [5, 5.41) is 7.94. The van der Waals surface area contributed by atoms with Crippen molar-refractivity contribution in [3.8, 4) is 0 Å². The molecule has 6 nitrogen and oxygen atoms in total. The molecule has 2 aromatic heterocycles. The van der Waals surface area contributed by atoms with Gasteiger partial charge in [0.05, 0.1) is 10.6 Å². The van der Waals surface area contributed by atoms with Gasteiger partial charge in [-0.15, -0.1) is 11.3 Å². The predicted octanol–water partition coefficient (Wildman–Crippen LogP) is 4.87. The number of thiophene rings is 1. The standard InChI is InChI=1S/C20H15N3O3S2/c24-18(12-28-20-23-15-7-1-2-8-16(15)26-20)21-13-5-3-6-14(11-13)22-19(25)17-9-4-10-27-17/h1-11H,12H2,(H,21,24)(H,22,25). The SMILES string of the molecule is O=C(CSc1nc2ccccc2o1)Nc1cccc(NC(=O)c2cccs2)c1. The van der Waals surface area contributed by atoms with Crippen LogP contribution in [-0.4, -0.2) is 22.6 Å². The molecule has 0 aliphatic rings. The van der Waals surface area contributed by atoms with Gasteiger partial charge in [-0.3, -0.25) is 9.59 Å². The highest BCUT2D eigenvalue weighted by atomic mass is 32.2. The summed E-state index contributed by atoms with van der Waals surface area (Å²) in [7, 11) is 0. The minimum Gasteiger partial charge on any atom is -0.431 e. The van der Waals surface area contributed by atoms with Gasteiger partial charge in [0.25, 0.3) is 11.1 Å². The molecule has 2 aromatic carbocycles. The zero-order chi connectivity index (χ0) is 19.3. The van der Waals surface area contributed by atoms with Gasteiger partial charge in [0.1, 0.15) is 5.52 Å². The van der Waals surface area contributed by atoms with Crippen molar-refractivity contribution in [1.82, 2.24) is 4.98 Å². The first-order chi connectivity index (χ1) is 13.7. The van der Waals surface area contributed by atoms with E-state index in [9.17, 15) is 9.59 Å². The first-order valence-corrected chi connectivity index (χ1v) is 10.3. The van der Waals surface area contributed by atoms with Gasteiger partial charge in [-0.05, 0) is 41.8 Å². The van der Waals surface area contributed by atoms with Crippen LogP contribution in [0.4, 0.5) is 11.4 Å². The van der Waals surface area contributed by atoms with Crippen molar-refractivity contribution in [1.29, 1.82) is 0 Å². The van der Waals surface area contributed by atoms with E-state index in [1.807, 2.05) is 35.7 Å². The zero-order valence-corrected chi connectivity index (χ0v) is 16.2. The smallest absolute Gasteiger partial charge is 0.265 e. The number of benzene rings is 2. The number of oxazole rings is 1. The van der Waals surface area contributed by atoms with Crippen LogP contribution in [0, 0.1) is 0 Å². The van der Waals surface area contributed by atoms with Gasteiger partial charge >= 0.3 is 0 Å². The third kappa shape index (κ3) is 4.41. The molecule has 0 bridgehead atoms. The molecule has 0 aliphatic carbocycles. The molecule has 2 amide bonds. The van der Waals surface area contributed by atoms with Crippen LogP contribution in [0.5, 0.6) is 0 Å². The molecule has 0 spiro atoms. The Bertz CT molecular complexity index is 1090. The molecular weight excluding hydrogens is 394 g/mol. The number of thioether (sulfide) groups is 1. The fourth-order valence-electron chi connectivity index (χ4n) is 2.51. The van der Waals surface area contributed by atoms with E-state index in [2.05, 4.69) is 15.6 Å². The van der Waals surface area contributed by atoms with E-state index in [1.165, 1.54) is 23.1 Å². The number of carbonyl (C=O) groups excluding carboxylic acids is 2. The average Bonchev–Trinajstić information content (AvgIpc) is 3.36. The number of fused-ring (bicyclic) bond motifs is 1. The molecule has 2 heterocycles. The van der Waals surface area contributed by atoms with Crippen molar-refractivity contribution in [2.24, 2.45) is 0 Å². The summed E-state index contributed by atoms with van der Waals surface area (Å²) in [6.07, 6.45) is 0.